The molecule has 1 N–H and O–H groups in total. The molecule has 7 heteroatoms. The molecule has 0 unspecified atom stereocenters. The summed E-state index contributed by atoms with van der Waals surface area (Å²) in [6.07, 6.45) is 1.96. The summed E-state index contributed by atoms with van der Waals surface area (Å²) in [7, 11) is -3.43. The minimum absolute atomic E-state index is 0.0878. The zero-order valence-corrected chi connectivity index (χ0v) is 19.3. The molecule has 0 aliphatic rings. The molecule has 0 heterocycles. The maximum Gasteiger partial charge on any atom is 0.232 e. The number of carbonyl (C=O) groups is 1. The fourth-order valence-electron chi connectivity index (χ4n) is 3.25. The predicted molar refractivity (Wildman–Crippen MR) is 121 cm³/mol. The Morgan fingerprint density at radius 1 is 1.10 bits per heavy atom. The number of nitrogens with zero attached hydrogens (tertiary/aromatic N) is 1. The van der Waals surface area contributed by atoms with Crippen molar-refractivity contribution >= 4 is 21.6 Å². The molecule has 0 fully saturated rings. The minimum atomic E-state index is -3.43. The number of anilines is 1. The Hall–Kier alpha value is -2.54. The van der Waals surface area contributed by atoms with E-state index >= 15 is 0 Å². The summed E-state index contributed by atoms with van der Waals surface area (Å²) >= 11 is 0. The van der Waals surface area contributed by atoms with E-state index in [0.717, 1.165) is 22.4 Å². The maximum absolute atomic E-state index is 12.3. The van der Waals surface area contributed by atoms with Gasteiger partial charge in [0.2, 0.25) is 15.9 Å². The van der Waals surface area contributed by atoms with Gasteiger partial charge in [-0.05, 0) is 75.1 Å². The summed E-state index contributed by atoms with van der Waals surface area (Å²) in [5, 5.41) is 2.89. The van der Waals surface area contributed by atoms with Gasteiger partial charge in [0.05, 0.1) is 18.0 Å². The second kappa shape index (κ2) is 10.5. The third kappa shape index (κ3) is 7.71. The number of sulfonamides is 1. The maximum atomic E-state index is 12.3. The first-order valence-electron chi connectivity index (χ1n) is 10.1. The zero-order valence-electron chi connectivity index (χ0n) is 18.4. The van der Waals surface area contributed by atoms with Crippen LogP contribution in [0.5, 0.6) is 5.75 Å². The van der Waals surface area contributed by atoms with Crippen molar-refractivity contribution in [3.05, 3.63) is 59.2 Å². The van der Waals surface area contributed by atoms with Crippen LogP contribution in [0.2, 0.25) is 0 Å². The SMILES string of the molecule is Cc1cc(C)cc(N(CCCC(=O)NCc2cccc(OC(C)C)c2)S(C)(=O)=O)c1. The number of carbonyl (C=O) groups excluding carboxylic acids is 1. The largest absolute Gasteiger partial charge is 0.491 e. The standard InChI is InChI=1S/C23H32N2O4S/c1-17(2)29-22-9-6-8-20(15-22)16-24-23(26)10-7-11-25(30(5,27)28)21-13-18(3)12-19(4)14-21/h6,8-9,12-15,17H,7,10-11,16H2,1-5H3,(H,24,26). The molecule has 6 nitrogen and oxygen atoms in total. The first kappa shape index (κ1) is 23.7. The van der Waals surface area contributed by atoms with Gasteiger partial charge in [-0.1, -0.05) is 18.2 Å². The number of benzene rings is 2. The van der Waals surface area contributed by atoms with Gasteiger partial charge in [-0.15, -0.1) is 0 Å². The number of hydrogen-bond acceptors (Lipinski definition) is 4. The normalized spacial score (nSPS) is 11.4. The first-order chi connectivity index (χ1) is 14.0. The van der Waals surface area contributed by atoms with Crippen molar-refractivity contribution in [1.29, 1.82) is 0 Å². The van der Waals surface area contributed by atoms with Crippen LogP contribution in [-0.4, -0.2) is 33.2 Å². The number of rotatable bonds is 10. The van der Waals surface area contributed by atoms with Gasteiger partial charge in [-0.2, -0.15) is 0 Å². The third-order valence-corrected chi connectivity index (χ3v) is 5.61. The smallest absolute Gasteiger partial charge is 0.232 e. The van der Waals surface area contributed by atoms with Gasteiger partial charge in [0.1, 0.15) is 5.75 Å². The summed E-state index contributed by atoms with van der Waals surface area (Å²) in [5.41, 5.74) is 3.59. The molecule has 0 atom stereocenters. The predicted octanol–water partition coefficient (Wildman–Crippen LogP) is 3.95. The van der Waals surface area contributed by atoms with E-state index in [1.165, 1.54) is 10.6 Å². The van der Waals surface area contributed by atoms with Crippen molar-refractivity contribution in [2.24, 2.45) is 0 Å². The lowest BCUT2D eigenvalue weighted by Crippen LogP contribution is -2.32. The van der Waals surface area contributed by atoms with E-state index in [2.05, 4.69) is 5.32 Å². The van der Waals surface area contributed by atoms with Crippen LogP contribution in [-0.2, 0) is 21.4 Å². The Labute approximate surface area is 180 Å². The minimum Gasteiger partial charge on any atom is -0.491 e. The van der Waals surface area contributed by atoms with E-state index in [9.17, 15) is 13.2 Å². The second-order valence-electron chi connectivity index (χ2n) is 7.88. The number of nitrogens with one attached hydrogen (secondary N) is 1. The highest BCUT2D eigenvalue weighted by Gasteiger charge is 2.18. The van der Waals surface area contributed by atoms with Gasteiger partial charge in [0, 0.05) is 19.5 Å². The zero-order chi connectivity index (χ0) is 22.3. The average molecular weight is 433 g/mol. The van der Waals surface area contributed by atoms with Crippen molar-refractivity contribution in [3.63, 3.8) is 0 Å². The molecule has 0 spiro atoms. The molecule has 0 saturated heterocycles. The lowest BCUT2D eigenvalue weighted by atomic mass is 10.1. The van der Waals surface area contributed by atoms with Gasteiger partial charge in [0.15, 0.2) is 0 Å². The first-order valence-corrected chi connectivity index (χ1v) is 12.0. The molecule has 0 aromatic heterocycles. The third-order valence-electron chi connectivity index (χ3n) is 4.42. The van der Waals surface area contributed by atoms with Crippen molar-refractivity contribution < 1.29 is 17.9 Å². The summed E-state index contributed by atoms with van der Waals surface area (Å²) in [6.45, 7) is 8.46. The van der Waals surface area contributed by atoms with Crippen molar-refractivity contribution in [2.75, 3.05) is 17.1 Å². The summed E-state index contributed by atoms with van der Waals surface area (Å²) in [4.78, 5) is 12.2. The highest BCUT2D eigenvalue weighted by molar-refractivity contribution is 7.92. The lowest BCUT2D eigenvalue weighted by Gasteiger charge is -2.23. The highest BCUT2D eigenvalue weighted by Crippen LogP contribution is 2.22. The van der Waals surface area contributed by atoms with Crippen LogP contribution in [0, 0.1) is 13.8 Å². The Balaban J connectivity index is 1.90. The molecule has 30 heavy (non-hydrogen) atoms. The number of hydrogen-bond donors (Lipinski definition) is 1. The van der Waals surface area contributed by atoms with E-state index in [-0.39, 0.29) is 25.0 Å². The fourth-order valence-corrected chi connectivity index (χ4v) is 4.20. The lowest BCUT2D eigenvalue weighted by molar-refractivity contribution is -0.121. The summed E-state index contributed by atoms with van der Waals surface area (Å²) in [5.74, 6) is 0.660. The molecule has 164 valence electrons. The molecule has 2 rings (SSSR count). The van der Waals surface area contributed by atoms with Gasteiger partial charge in [-0.3, -0.25) is 9.10 Å². The number of ether oxygens (including phenoxy) is 1. The van der Waals surface area contributed by atoms with Crippen LogP contribution in [0.25, 0.3) is 0 Å². The molecule has 0 radical (unpaired) electrons. The van der Waals surface area contributed by atoms with Gasteiger partial charge >= 0.3 is 0 Å². The van der Waals surface area contributed by atoms with E-state index in [0.29, 0.717) is 18.7 Å². The van der Waals surface area contributed by atoms with E-state index in [1.54, 1.807) is 0 Å². The molecule has 0 aliphatic heterocycles. The van der Waals surface area contributed by atoms with Crippen LogP contribution in [0.4, 0.5) is 5.69 Å². The summed E-state index contributed by atoms with van der Waals surface area (Å²) in [6, 6.07) is 13.3. The molecule has 0 bridgehead atoms. The van der Waals surface area contributed by atoms with Crippen LogP contribution in [0.15, 0.2) is 42.5 Å². The molecule has 0 aliphatic carbocycles. The molecular weight excluding hydrogens is 400 g/mol. The van der Waals surface area contributed by atoms with E-state index in [1.807, 2.05) is 70.2 Å². The molecule has 2 aromatic rings. The number of aryl methyl sites for hydroxylation is 2. The second-order valence-corrected chi connectivity index (χ2v) is 9.78. The fraction of sp³-hybridized carbons (Fsp3) is 0.435. The van der Waals surface area contributed by atoms with Crippen LogP contribution in [0.1, 0.15) is 43.4 Å². The Morgan fingerprint density at radius 2 is 1.77 bits per heavy atom. The van der Waals surface area contributed by atoms with Crippen LogP contribution < -0.4 is 14.4 Å². The van der Waals surface area contributed by atoms with Crippen LogP contribution in [0.3, 0.4) is 0 Å². The molecule has 2 aromatic carbocycles. The highest BCUT2D eigenvalue weighted by atomic mass is 32.2. The van der Waals surface area contributed by atoms with Crippen LogP contribution >= 0.6 is 0 Å². The summed E-state index contributed by atoms with van der Waals surface area (Å²) < 4.78 is 31.6. The van der Waals surface area contributed by atoms with Crippen molar-refractivity contribution in [3.8, 4) is 5.75 Å². The Morgan fingerprint density at radius 3 is 2.37 bits per heavy atom. The Kier molecular flexibility index (Phi) is 8.29. The Bertz CT molecular complexity index is 951. The topological polar surface area (TPSA) is 75.7 Å². The van der Waals surface area contributed by atoms with Gasteiger partial charge in [-0.25, -0.2) is 8.42 Å². The van der Waals surface area contributed by atoms with Crippen molar-refractivity contribution in [1.82, 2.24) is 5.32 Å². The molecule has 0 saturated carbocycles. The number of amides is 1. The van der Waals surface area contributed by atoms with Gasteiger partial charge in [0.25, 0.3) is 0 Å². The van der Waals surface area contributed by atoms with E-state index in [4.69, 9.17) is 4.74 Å². The monoisotopic (exact) mass is 432 g/mol. The van der Waals surface area contributed by atoms with E-state index < -0.39 is 10.0 Å². The molecular formula is C23H32N2O4S. The quantitative estimate of drug-likeness (QED) is 0.617. The van der Waals surface area contributed by atoms with Crippen molar-refractivity contribution in [2.45, 2.75) is 53.2 Å². The average Bonchev–Trinajstić information content (AvgIpc) is 2.61. The van der Waals surface area contributed by atoms with Gasteiger partial charge < -0.3 is 10.1 Å². The molecule has 1 amide bonds.